The molecular weight excluding hydrogens is 208 g/mol. The fourth-order valence-corrected chi connectivity index (χ4v) is 1.23. The van der Waals surface area contributed by atoms with Crippen LogP contribution < -0.4 is 0 Å². The van der Waals surface area contributed by atoms with E-state index in [1.807, 2.05) is 0 Å². The van der Waals surface area contributed by atoms with E-state index in [4.69, 9.17) is 21.8 Å². The van der Waals surface area contributed by atoms with Gasteiger partial charge < -0.3 is 10.2 Å². The quantitative estimate of drug-likeness (QED) is 0.742. The molecule has 78 valence electrons. The van der Waals surface area contributed by atoms with Gasteiger partial charge in [-0.15, -0.1) is 0 Å². The lowest BCUT2D eigenvalue weighted by molar-refractivity contribution is -0.137. The van der Waals surface area contributed by atoms with Gasteiger partial charge in [-0.1, -0.05) is 25.1 Å². The summed E-state index contributed by atoms with van der Waals surface area (Å²) in [7, 11) is 0. The lowest BCUT2D eigenvalue weighted by Gasteiger charge is -2.24. The minimum absolute atomic E-state index is 0.0463. The van der Waals surface area contributed by atoms with E-state index in [9.17, 15) is 9.59 Å². The summed E-state index contributed by atoms with van der Waals surface area (Å²) in [4.78, 5) is 20.7. The molecule has 1 rings (SSSR count). The number of carboxylic acids is 2. The van der Waals surface area contributed by atoms with Gasteiger partial charge in [-0.05, 0) is 17.9 Å². The van der Waals surface area contributed by atoms with Crippen LogP contribution in [-0.2, 0) is 9.59 Å². The molecule has 5 heteroatoms. The number of hydrogen-bond donors (Lipinski definition) is 2. The first kappa shape index (κ1) is 12.7. The molecule has 0 saturated carbocycles. The Morgan fingerprint density at radius 3 is 2.07 bits per heavy atom. The van der Waals surface area contributed by atoms with Gasteiger partial charge in [-0.3, -0.25) is 0 Å². The predicted molar refractivity (Wildman–Crippen MR) is 52.1 cm³/mol. The molecule has 2 N–H and O–H groups in total. The monoisotopic (exact) mass is 218 g/mol. The standard InChI is InChI=1S/C7H8O4.C2H3Cl/c1-3-2-4(6(8)9)5(3)7(10)11;1-2-3/h3H,2H2,1H3,(H,8,9)(H,10,11);2H,1H2. The fourth-order valence-electron chi connectivity index (χ4n) is 1.23. The largest absolute Gasteiger partial charge is 0.478 e. The van der Waals surface area contributed by atoms with Crippen LogP contribution in [0.4, 0.5) is 0 Å². The van der Waals surface area contributed by atoms with E-state index in [0.29, 0.717) is 6.42 Å². The van der Waals surface area contributed by atoms with Crippen LogP contribution >= 0.6 is 11.6 Å². The van der Waals surface area contributed by atoms with Crippen LogP contribution in [0.1, 0.15) is 13.3 Å². The lowest BCUT2D eigenvalue weighted by atomic mass is 9.78. The van der Waals surface area contributed by atoms with Gasteiger partial charge in [0.05, 0.1) is 5.57 Å². The molecule has 0 saturated heterocycles. The van der Waals surface area contributed by atoms with Crippen molar-refractivity contribution in [1.29, 1.82) is 0 Å². The third kappa shape index (κ3) is 2.88. The highest BCUT2D eigenvalue weighted by Gasteiger charge is 2.34. The van der Waals surface area contributed by atoms with Crippen LogP contribution in [0, 0.1) is 5.92 Å². The minimum atomic E-state index is -1.11. The van der Waals surface area contributed by atoms with E-state index < -0.39 is 11.9 Å². The van der Waals surface area contributed by atoms with E-state index in [-0.39, 0.29) is 17.1 Å². The van der Waals surface area contributed by atoms with Crippen LogP contribution in [0.3, 0.4) is 0 Å². The average molecular weight is 219 g/mol. The van der Waals surface area contributed by atoms with Gasteiger partial charge in [0.2, 0.25) is 0 Å². The molecule has 0 amide bonds. The molecule has 1 unspecified atom stereocenters. The van der Waals surface area contributed by atoms with Crippen molar-refractivity contribution in [2.45, 2.75) is 13.3 Å². The second-order valence-electron chi connectivity index (χ2n) is 2.76. The maximum Gasteiger partial charge on any atom is 0.332 e. The van der Waals surface area contributed by atoms with Crippen molar-refractivity contribution >= 4 is 23.5 Å². The molecule has 14 heavy (non-hydrogen) atoms. The van der Waals surface area contributed by atoms with Crippen molar-refractivity contribution in [3.05, 3.63) is 23.3 Å². The van der Waals surface area contributed by atoms with E-state index in [0.717, 1.165) is 0 Å². The predicted octanol–water partition coefficient (Wildman–Crippen LogP) is 1.86. The van der Waals surface area contributed by atoms with Gasteiger partial charge in [0, 0.05) is 5.57 Å². The molecule has 0 radical (unpaired) electrons. The molecule has 1 aliphatic rings. The van der Waals surface area contributed by atoms with Crippen molar-refractivity contribution in [3.63, 3.8) is 0 Å². The smallest absolute Gasteiger partial charge is 0.332 e. The minimum Gasteiger partial charge on any atom is -0.478 e. The highest BCUT2D eigenvalue weighted by atomic mass is 35.5. The average Bonchev–Trinajstić information content (AvgIpc) is 1.99. The Labute approximate surface area is 86.5 Å². The molecular formula is C9H11ClO4. The zero-order chi connectivity index (χ0) is 11.3. The Balaban J connectivity index is 0.000000500. The molecule has 0 aromatic carbocycles. The molecule has 0 aromatic rings. The molecule has 0 bridgehead atoms. The summed E-state index contributed by atoms with van der Waals surface area (Å²) >= 11 is 4.76. The number of aliphatic carboxylic acids is 2. The van der Waals surface area contributed by atoms with Crippen molar-refractivity contribution in [3.8, 4) is 0 Å². The van der Waals surface area contributed by atoms with Gasteiger partial charge in [0.1, 0.15) is 0 Å². The van der Waals surface area contributed by atoms with Crippen LogP contribution in [0.5, 0.6) is 0 Å². The van der Waals surface area contributed by atoms with E-state index in [1.165, 1.54) is 5.54 Å². The molecule has 1 aliphatic carbocycles. The van der Waals surface area contributed by atoms with Crippen molar-refractivity contribution in [2.24, 2.45) is 5.92 Å². The third-order valence-electron chi connectivity index (χ3n) is 1.82. The molecule has 1 atom stereocenters. The van der Waals surface area contributed by atoms with Gasteiger partial charge in [0.15, 0.2) is 0 Å². The molecule has 4 nitrogen and oxygen atoms in total. The van der Waals surface area contributed by atoms with E-state index >= 15 is 0 Å². The van der Waals surface area contributed by atoms with Crippen molar-refractivity contribution in [1.82, 2.24) is 0 Å². The molecule has 0 aliphatic heterocycles. The Hall–Kier alpha value is -1.29. The first-order valence-electron chi connectivity index (χ1n) is 3.86. The number of hydrogen-bond acceptors (Lipinski definition) is 2. The number of carboxylic acid groups (broad SMARTS) is 2. The zero-order valence-electron chi connectivity index (χ0n) is 7.66. The van der Waals surface area contributed by atoms with E-state index in [2.05, 4.69) is 6.58 Å². The SMILES string of the molecule is C=CCl.CC1CC(C(=O)O)=C1C(=O)O. The van der Waals surface area contributed by atoms with Crippen molar-refractivity contribution < 1.29 is 19.8 Å². The van der Waals surface area contributed by atoms with E-state index in [1.54, 1.807) is 6.92 Å². The zero-order valence-corrected chi connectivity index (χ0v) is 8.41. The summed E-state index contributed by atoms with van der Waals surface area (Å²) in [5, 5.41) is 17.0. The normalized spacial score (nSPS) is 18.9. The lowest BCUT2D eigenvalue weighted by Crippen LogP contribution is -2.26. The van der Waals surface area contributed by atoms with Gasteiger partial charge in [-0.25, -0.2) is 9.59 Å². The topological polar surface area (TPSA) is 74.6 Å². The summed E-state index contributed by atoms with van der Waals surface area (Å²) in [5.41, 5.74) is 1.32. The Kier molecular flexibility index (Phi) is 4.94. The highest BCUT2D eigenvalue weighted by molar-refractivity contribution is 6.25. The Bertz CT molecular complexity index is 293. The summed E-state index contributed by atoms with van der Waals surface area (Å²) in [6.07, 6.45) is 0.372. The van der Waals surface area contributed by atoms with Gasteiger partial charge in [-0.2, -0.15) is 0 Å². The molecule has 0 spiro atoms. The van der Waals surface area contributed by atoms with Crippen molar-refractivity contribution in [2.75, 3.05) is 0 Å². The summed E-state index contributed by atoms with van der Waals surface area (Å²) in [6, 6.07) is 0. The second kappa shape index (κ2) is 5.44. The van der Waals surface area contributed by atoms with Crippen LogP contribution in [0.15, 0.2) is 23.3 Å². The van der Waals surface area contributed by atoms with Crippen LogP contribution in [-0.4, -0.2) is 22.2 Å². The fraction of sp³-hybridized carbons (Fsp3) is 0.333. The maximum atomic E-state index is 10.4. The summed E-state index contributed by atoms with van der Waals surface area (Å²) in [5.74, 6) is -2.33. The summed E-state index contributed by atoms with van der Waals surface area (Å²) < 4.78 is 0. The number of rotatable bonds is 2. The molecule has 0 heterocycles. The first-order valence-corrected chi connectivity index (χ1v) is 4.30. The van der Waals surface area contributed by atoms with Gasteiger partial charge >= 0.3 is 11.9 Å². The Morgan fingerprint density at radius 2 is 1.93 bits per heavy atom. The molecule has 0 aromatic heterocycles. The number of halogens is 1. The second-order valence-corrected chi connectivity index (χ2v) is 3.07. The van der Waals surface area contributed by atoms with Crippen LogP contribution in [0.2, 0.25) is 0 Å². The highest BCUT2D eigenvalue weighted by Crippen LogP contribution is 2.34. The Morgan fingerprint density at radius 1 is 1.50 bits per heavy atom. The van der Waals surface area contributed by atoms with Gasteiger partial charge in [0.25, 0.3) is 0 Å². The molecule has 0 fully saturated rings. The summed E-state index contributed by atoms with van der Waals surface area (Å²) in [6.45, 7) is 4.83. The number of carbonyl (C=O) groups is 2. The van der Waals surface area contributed by atoms with Crippen LogP contribution in [0.25, 0.3) is 0 Å². The third-order valence-corrected chi connectivity index (χ3v) is 1.82. The maximum absolute atomic E-state index is 10.4. The first-order chi connectivity index (χ1) is 6.45.